The molecule has 2 heterocycles. The van der Waals surface area contributed by atoms with E-state index in [4.69, 9.17) is 10.00 Å². The van der Waals surface area contributed by atoms with Gasteiger partial charge in [0.05, 0.1) is 28.2 Å². The molecule has 0 aromatic heterocycles. The number of hydrogen-bond donors (Lipinski definition) is 0. The Kier molecular flexibility index (Phi) is 5.07. The molecule has 0 saturated carbocycles. The molecule has 21 heavy (non-hydrogen) atoms. The minimum atomic E-state index is -0.361. The molecule has 2 fully saturated rings. The van der Waals surface area contributed by atoms with Crippen molar-refractivity contribution in [3.63, 3.8) is 0 Å². The van der Waals surface area contributed by atoms with E-state index in [1.54, 1.807) is 17.9 Å². The number of likely N-dealkylation sites (tertiary alicyclic amines) is 1. The van der Waals surface area contributed by atoms with Gasteiger partial charge in [-0.3, -0.25) is 9.59 Å². The third kappa shape index (κ3) is 3.30. The van der Waals surface area contributed by atoms with E-state index in [1.807, 2.05) is 6.92 Å². The fourth-order valence-electron chi connectivity index (χ4n) is 2.75. The quantitative estimate of drug-likeness (QED) is 0.743. The van der Waals surface area contributed by atoms with E-state index < -0.39 is 0 Å². The van der Waals surface area contributed by atoms with Crippen LogP contribution in [0, 0.1) is 16.7 Å². The minimum absolute atomic E-state index is 0.0363. The second kappa shape index (κ2) is 6.63. The molecule has 0 aliphatic carbocycles. The number of piperidine rings is 1. The second-order valence-corrected chi connectivity index (χ2v) is 6.91. The van der Waals surface area contributed by atoms with E-state index in [-0.39, 0.29) is 29.0 Å². The topological polar surface area (TPSA) is 70.4 Å². The first-order chi connectivity index (χ1) is 10.0. The monoisotopic (exact) mass is 308 g/mol. The summed E-state index contributed by atoms with van der Waals surface area (Å²) in [7, 11) is 0. The zero-order valence-electron chi connectivity index (χ0n) is 12.4. The van der Waals surface area contributed by atoms with Crippen molar-refractivity contribution in [1.29, 1.82) is 5.26 Å². The first kappa shape index (κ1) is 16.1. The molecule has 1 amide bonds. The van der Waals surface area contributed by atoms with Crippen LogP contribution in [-0.2, 0) is 14.3 Å². The predicted octanol–water partition coefficient (Wildman–Crippen LogP) is 1.74. The Morgan fingerprint density at radius 1 is 1.52 bits per heavy atom. The summed E-state index contributed by atoms with van der Waals surface area (Å²) in [5.41, 5.74) is -0.361. The molecule has 6 heteroatoms. The van der Waals surface area contributed by atoms with Crippen LogP contribution in [0.1, 0.15) is 26.7 Å². The van der Waals surface area contributed by atoms with Gasteiger partial charge < -0.3 is 9.64 Å². The highest BCUT2D eigenvalue weighted by Gasteiger charge is 2.45. The van der Waals surface area contributed by atoms with Crippen molar-refractivity contribution in [2.45, 2.75) is 31.9 Å². The van der Waals surface area contributed by atoms with Crippen molar-refractivity contribution >= 4 is 23.5 Å². The van der Waals surface area contributed by atoms with Gasteiger partial charge in [-0.1, -0.05) is 6.08 Å². The van der Waals surface area contributed by atoms with E-state index in [0.29, 0.717) is 37.4 Å². The lowest BCUT2D eigenvalue weighted by atomic mass is 9.77. The van der Waals surface area contributed by atoms with Gasteiger partial charge in [0.15, 0.2) is 5.78 Å². The van der Waals surface area contributed by atoms with Crippen LogP contribution in [0.2, 0.25) is 0 Å². The highest BCUT2D eigenvalue weighted by Crippen LogP contribution is 2.37. The Hall–Kier alpha value is -1.32. The average molecular weight is 308 g/mol. The Morgan fingerprint density at radius 3 is 2.67 bits per heavy atom. The fraction of sp³-hybridized carbons (Fsp3) is 0.667. The largest absolute Gasteiger partial charge is 0.373 e. The highest BCUT2D eigenvalue weighted by atomic mass is 32.2. The van der Waals surface area contributed by atoms with Crippen LogP contribution in [0.4, 0.5) is 0 Å². The van der Waals surface area contributed by atoms with Crippen molar-refractivity contribution in [3.05, 3.63) is 11.0 Å². The smallest absolute Gasteiger partial charge is 0.259 e. The first-order valence-corrected chi connectivity index (χ1v) is 8.03. The van der Waals surface area contributed by atoms with Gasteiger partial charge in [0, 0.05) is 13.1 Å². The third-order valence-corrected chi connectivity index (χ3v) is 5.29. The van der Waals surface area contributed by atoms with Crippen LogP contribution in [0.3, 0.4) is 0 Å². The van der Waals surface area contributed by atoms with E-state index in [2.05, 4.69) is 6.07 Å². The summed E-state index contributed by atoms with van der Waals surface area (Å²) in [6.07, 6.45) is 3.11. The molecule has 0 N–H and O–H groups in total. The number of amides is 1. The maximum absolute atomic E-state index is 12.5. The number of nitrogens with zero attached hydrogens (tertiary/aromatic N) is 2. The molecule has 5 nitrogen and oxygen atoms in total. The Morgan fingerprint density at radius 2 is 2.19 bits per heavy atom. The summed E-state index contributed by atoms with van der Waals surface area (Å²) in [5, 5.41) is 8.62. The lowest BCUT2D eigenvalue weighted by Crippen LogP contribution is -2.46. The number of thioether (sulfide) groups is 1. The van der Waals surface area contributed by atoms with Gasteiger partial charge >= 0.3 is 0 Å². The normalized spacial score (nSPS) is 23.2. The number of nitriles is 1. The average Bonchev–Trinajstić information content (AvgIpc) is 2.85. The molecule has 0 aromatic carbocycles. The number of rotatable bonds is 3. The maximum atomic E-state index is 12.5. The first-order valence-electron chi connectivity index (χ1n) is 7.15. The molecule has 0 bridgehead atoms. The number of hydrogen-bond acceptors (Lipinski definition) is 5. The summed E-state index contributed by atoms with van der Waals surface area (Å²) in [5.74, 6) is 0.138. The van der Waals surface area contributed by atoms with Crippen LogP contribution in [-0.4, -0.2) is 48.1 Å². The van der Waals surface area contributed by atoms with Crippen LogP contribution in [0.25, 0.3) is 0 Å². The molecule has 0 aromatic rings. The van der Waals surface area contributed by atoms with Crippen LogP contribution >= 0.6 is 11.8 Å². The van der Waals surface area contributed by atoms with E-state index >= 15 is 0 Å². The van der Waals surface area contributed by atoms with E-state index in [9.17, 15) is 9.59 Å². The zero-order chi connectivity index (χ0) is 15.5. The number of Topliss-reactive ketones (excluding diaryl/α,β-unsaturated/α-hetero) is 1. The second-order valence-electron chi connectivity index (χ2n) is 5.53. The van der Waals surface area contributed by atoms with Gasteiger partial charge in [0.2, 0.25) is 0 Å². The number of carbonyl (C=O) groups excluding carboxylic acids is 2. The van der Waals surface area contributed by atoms with Crippen molar-refractivity contribution in [2.75, 3.05) is 26.3 Å². The summed E-state index contributed by atoms with van der Waals surface area (Å²) in [6, 6.07) is 2.12. The molecule has 1 atom stereocenters. The zero-order valence-corrected chi connectivity index (χ0v) is 13.2. The molecule has 1 unspecified atom stereocenters. The summed E-state index contributed by atoms with van der Waals surface area (Å²) in [6.45, 7) is 5.44. The molecule has 2 aliphatic rings. The molecule has 114 valence electrons. The molecular weight excluding hydrogens is 288 g/mol. The van der Waals surface area contributed by atoms with Gasteiger partial charge in [-0.15, -0.1) is 11.8 Å². The summed E-state index contributed by atoms with van der Waals surface area (Å²) >= 11 is 1.29. The van der Waals surface area contributed by atoms with Crippen molar-refractivity contribution in [3.8, 4) is 6.07 Å². The van der Waals surface area contributed by atoms with E-state index in [1.165, 1.54) is 11.8 Å². The molecule has 2 aliphatic heterocycles. The SMILES string of the molecule is C/C=C(\SC(C)C#N)C(=O)N1CCC2(CC1)COCC2=O. The Balaban J connectivity index is 1.97. The van der Waals surface area contributed by atoms with Gasteiger partial charge in [-0.25, -0.2) is 0 Å². The molecular formula is C15H20N2O3S. The molecule has 1 spiro atoms. The van der Waals surface area contributed by atoms with Crippen LogP contribution in [0.5, 0.6) is 0 Å². The van der Waals surface area contributed by atoms with Gasteiger partial charge in [0.1, 0.15) is 6.61 Å². The van der Waals surface area contributed by atoms with Crippen LogP contribution in [0.15, 0.2) is 11.0 Å². The number of ketones is 1. The number of carbonyl (C=O) groups is 2. The lowest BCUT2D eigenvalue weighted by Gasteiger charge is -2.37. The van der Waals surface area contributed by atoms with Crippen molar-refractivity contribution < 1.29 is 14.3 Å². The van der Waals surface area contributed by atoms with Crippen molar-refractivity contribution in [1.82, 2.24) is 4.90 Å². The summed E-state index contributed by atoms with van der Waals surface area (Å²) in [4.78, 5) is 26.8. The van der Waals surface area contributed by atoms with Gasteiger partial charge in [-0.05, 0) is 26.7 Å². The number of allylic oxidation sites excluding steroid dienone is 1. The Labute approximate surface area is 129 Å². The predicted molar refractivity (Wildman–Crippen MR) is 80.5 cm³/mol. The standard InChI is InChI=1S/C15H20N2O3S/c1-3-12(21-11(2)8-16)14(19)17-6-4-15(5-7-17)10-20-9-13(15)18/h3,11H,4-7,9-10H2,1-2H3/b12-3-. The molecule has 0 radical (unpaired) electrons. The maximum Gasteiger partial charge on any atom is 0.259 e. The summed E-state index contributed by atoms with van der Waals surface area (Å²) < 4.78 is 5.28. The lowest BCUT2D eigenvalue weighted by molar-refractivity contribution is -0.133. The van der Waals surface area contributed by atoms with Gasteiger partial charge in [-0.2, -0.15) is 5.26 Å². The fourth-order valence-corrected chi connectivity index (χ4v) is 3.55. The third-order valence-electron chi connectivity index (χ3n) is 4.17. The highest BCUT2D eigenvalue weighted by molar-refractivity contribution is 8.04. The minimum Gasteiger partial charge on any atom is -0.373 e. The van der Waals surface area contributed by atoms with Crippen LogP contribution < -0.4 is 0 Å². The van der Waals surface area contributed by atoms with Gasteiger partial charge in [0.25, 0.3) is 5.91 Å². The van der Waals surface area contributed by atoms with E-state index in [0.717, 1.165) is 0 Å². The number of ether oxygens (including phenoxy) is 1. The molecule has 2 saturated heterocycles. The molecule has 2 rings (SSSR count). The Bertz CT molecular complexity index is 502. The van der Waals surface area contributed by atoms with Crippen molar-refractivity contribution in [2.24, 2.45) is 5.41 Å².